The van der Waals surface area contributed by atoms with Crippen LogP contribution < -0.4 is 0 Å². The van der Waals surface area contributed by atoms with E-state index in [9.17, 15) is 31.4 Å². The van der Waals surface area contributed by atoms with E-state index in [2.05, 4.69) is 15.9 Å². The Morgan fingerprint density at radius 2 is 1.61 bits per heavy atom. The van der Waals surface area contributed by atoms with Crippen LogP contribution in [0.15, 0.2) is 9.85 Å². The number of halogens is 8. The van der Waals surface area contributed by atoms with Gasteiger partial charge in [-0.2, -0.15) is 26.3 Å². The summed E-state index contributed by atoms with van der Waals surface area (Å²) < 4.78 is 74.2. The van der Waals surface area contributed by atoms with Crippen molar-refractivity contribution in [2.24, 2.45) is 5.92 Å². The second-order valence-electron chi connectivity index (χ2n) is 3.28. The predicted octanol–water partition coefficient (Wildman–Crippen LogP) is 4.94. The third-order valence-corrected chi connectivity index (χ3v) is 4.52. The van der Waals surface area contributed by atoms with Gasteiger partial charge in [0.15, 0.2) is 5.92 Å². The van der Waals surface area contributed by atoms with Gasteiger partial charge in [-0.05, 0) is 22.0 Å². The standard InChI is InChI=1S/C8H4BrClF6OS/c9-6-2(10)1-3(18-6)4(17)5(7(11,12)13)8(14,15)16/h1,4-5,17H. The van der Waals surface area contributed by atoms with Gasteiger partial charge in [0, 0.05) is 4.88 Å². The number of hydrogen-bond donors (Lipinski definition) is 1. The SMILES string of the molecule is OC(c1cc(Cl)c(Br)s1)C(C(F)(F)F)C(F)(F)F. The lowest BCUT2D eigenvalue weighted by Crippen LogP contribution is -2.40. The van der Waals surface area contributed by atoms with Crippen LogP contribution in [0, 0.1) is 5.92 Å². The molecule has 0 saturated heterocycles. The van der Waals surface area contributed by atoms with Gasteiger partial charge in [-0.3, -0.25) is 0 Å². The zero-order valence-electron chi connectivity index (χ0n) is 8.11. The summed E-state index contributed by atoms with van der Waals surface area (Å²) in [5.74, 6) is -3.84. The lowest BCUT2D eigenvalue weighted by molar-refractivity contribution is -0.307. The number of hydrogen-bond acceptors (Lipinski definition) is 2. The fraction of sp³-hybridized carbons (Fsp3) is 0.500. The molecule has 1 nitrogen and oxygen atoms in total. The summed E-state index contributed by atoms with van der Waals surface area (Å²) in [5.41, 5.74) is 0. The topological polar surface area (TPSA) is 20.2 Å². The summed E-state index contributed by atoms with van der Waals surface area (Å²) in [7, 11) is 0. The maximum atomic E-state index is 12.3. The quantitative estimate of drug-likeness (QED) is 0.724. The number of alkyl halides is 6. The molecular formula is C8H4BrClF6OS. The van der Waals surface area contributed by atoms with Gasteiger partial charge in [-0.15, -0.1) is 11.3 Å². The van der Waals surface area contributed by atoms with Crippen molar-refractivity contribution in [1.82, 2.24) is 0 Å². The molecule has 18 heavy (non-hydrogen) atoms. The van der Waals surface area contributed by atoms with E-state index in [0.29, 0.717) is 11.3 Å². The van der Waals surface area contributed by atoms with Crippen LogP contribution in [-0.2, 0) is 0 Å². The van der Waals surface area contributed by atoms with Gasteiger partial charge in [0.25, 0.3) is 0 Å². The van der Waals surface area contributed by atoms with E-state index in [1.54, 1.807) is 0 Å². The Labute approximate surface area is 114 Å². The second-order valence-corrected chi connectivity index (χ2v) is 6.09. The van der Waals surface area contributed by atoms with Crippen LogP contribution >= 0.6 is 38.9 Å². The molecule has 0 radical (unpaired) electrons. The van der Waals surface area contributed by atoms with Gasteiger partial charge in [0.1, 0.15) is 6.10 Å². The van der Waals surface area contributed by atoms with Crippen molar-refractivity contribution in [3.05, 3.63) is 19.8 Å². The Morgan fingerprint density at radius 1 is 1.17 bits per heavy atom. The number of aliphatic hydroxyl groups is 1. The molecule has 0 aromatic carbocycles. The van der Waals surface area contributed by atoms with Crippen LogP contribution in [0.3, 0.4) is 0 Å². The molecule has 1 atom stereocenters. The maximum Gasteiger partial charge on any atom is 0.403 e. The molecule has 0 aliphatic carbocycles. The average Bonchev–Trinajstić information content (AvgIpc) is 2.41. The van der Waals surface area contributed by atoms with Crippen LogP contribution in [0.4, 0.5) is 26.3 Å². The molecule has 104 valence electrons. The molecule has 10 heteroatoms. The summed E-state index contributed by atoms with van der Waals surface area (Å²) >= 11 is 8.86. The van der Waals surface area contributed by atoms with Crippen LogP contribution in [0.1, 0.15) is 11.0 Å². The number of aliphatic hydroxyl groups excluding tert-OH is 1. The van der Waals surface area contributed by atoms with Gasteiger partial charge in [-0.25, -0.2) is 0 Å². The van der Waals surface area contributed by atoms with Crippen molar-refractivity contribution in [3.63, 3.8) is 0 Å². The van der Waals surface area contributed by atoms with Crippen molar-refractivity contribution < 1.29 is 31.4 Å². The molecule has 1 N–H and O–H groups in total. The molecule has 1 unspecified atom stereocenters. The van der Waals surface area contributed by atoms with Gasteiger partial charge < -0.3 is 5.11 Å². The van der Waals surface area contributed by atoms with E-state index in [1.807, 2.05) is 0 Å². The lowest BCUT2D eigenvalue weighted by Gasteiger charge is -2.26. The molecule has 0 bridgehead atoms. The first kappa shape index (κ1) is 16.1. The van der Waals surface area contributed by atoms with Gasteiger partial charge in [0.2, 0.25) is 0 Å². The second kappa shape index (κ2) is 5.18. The monoisotopic (exact) mass is 376 g/mol. The van der Waals surface area contributed by atoms with Crippen molar-refractivity contribution in [3.8, 4) is 0 Å². The third kappa shape index (κ3) is 3.52. The Balaban J connectivity index is 3.15. The minimum atomic E-state index is -5.60. The highest BCUT2D eigenvalue weighted by Gasteiger charge is 2.60. The molecule has 1 heterocycles. The van der Waals surface area contributed by atoms with E-state index < -0.39 is 29.3 Å². The average molecular weight is 378 g/mol. The number of rotatable bonds is 2. The molecule has 0 aliphatic heterocycles. The first-order chi connectivity index (χ1) is 7.94. The predicted molar refractivity (Wildman–Crippen MR) is 57.6 cm³/mol. The largest absolute Gasteiger partial charge is 0.403 e. The van der Waals surface area contributed by atoms with E-state index in [4.69, 9.17) is 11.6 Å². The highest BCUT2D eigenvalue weighted by molar-refractivity contribution is 9.11. The van der Waals surface area contributed by atoms with Crippen LogP contribution in [-0.4, -0.2) is 17.5 Å². The fourth-order valence-corrected chi connectivity index (χ4v) is 2.99. The van der Waals surface area contributed by atoms with E-state index in [1.165, 1.54) is 0 Å². The Kier molecular flexibility index (Phi) is 4.62. The fourth-order valence-electron chi connectivity index (χ4n) is 1.22. The maximum absolute atomic E-state index is 12.3. The molecule has 0 aliphatic rings. The summed E-state index contributed by atoms with van der Waals surface area (Å²) in [4.78, 5) is -0.508. The van der Waals surface area contributed by atoms with Crippen LogP contribution in [0.2, 0.25) is 5.02 Å². The molecule has 1 aromatic rings. The third-order valence-electron chi connectivity index (χ3n) is 1.98. The first-order valence-corrected chi connectivity index (χ1v) is 6.19. The van der Waals surface area contributed by atoms with Crippen molar-refractivity contribution in [2.75, 3.05) is 0 Å². The van der Waals surface area contributed by atoms with E-state index >= 15 is 0 Å². The Bertz CT molecular complexity index is 395. The Morgan fingerprint density at radius 3 is 1.89 bits per heavy atom. The van der Waals surface area contributed by atoms with Gasteiger partial charge in [-0.1, -0.05) is 11.6 Å². The Hall–Kier alpha value is 0.01000. The normalized spacial score (nSPS) is 15.2. The highest BCUT2D eigenvalue weighted by Crippen LogP contribution is 2.48. The van der Waals surface area contributed by atoms with Crippen molar-refractivity contribution in [1.29, 1.82) is 0 Å². The molecular weight excluding hydrogens is 373 g/mol. The summed E-state index contributed by atoms with van der Waals surface area (Å²) in [6.45, 7) is 0. The van der Waals surface area contributed by atoms with Crippen molar-refractivity contribution >= 4 is 38.9 Å². The molecule has 0 amide bonds. The zero-order valence-corrected chi connectivity index (χ0v) is 11.3. The lowest BCUT2D eigenvalue weighted by atomic mass is 10.00. The van der Waals surface area contributed by atoms with E-state index in [0.717, 1.165) is 6.07 Å². The molecule has 0 saturated carbocycles. The summed E-state index contributed by atoms with van der Waals surface area (Å²) in [6, 6.07) is 0.867. The van der Waals surface area contributed by atoms with Crippen LogP contribution in [0.5, 0.6) is 0 Å². The van der Waals surface area contributed by atoms with Crippen LogP contribution in [0.25, 0.3) is 0 Å². The molecule has 1 aromatic heterocycles. The minimum absolute atomic E-state index is 0.0582. The summed E-state index contributed by atoms with van der Waals surface area (Å²) in [5, 5.41) is 9.22. The van der Waals surface area contributed by atoms with Crippen molar-refractivity contribution in [2.45, 2.75) is 18.5 Å². The molecule has 1 rings (SSSR count). The zero-order chi connectivity index (χ0) is 14.3. The van der Waals surface area contributed by atoms with Gasteiger partial charge >= 0.3 is 12.4 Å². The van der Waals surface area contributed by atoms with E-state index in [-0.39, 0.29) is 8.81 Å². The smallest absolute Gasteiger partial charge is 0.387 e. The minimum Gasteiger partial charge on any atom is -0.387 e. The molecule has 0 spiro atoms. The summed E-state index contributed by atoms with van der Waals surface area (Å²) in [6.07, 6.45) is -13.9. The number of thiophene rings is 1. The molecule has 0 fully saturated rings. The first-order valence-electron chi connectivity index (χ1n) is 4.21. The highest BCUT2D eigenvalue weighted by atomic mass is 79.9. The van der Waals surface area contributed by atoms with Gasteiger partial charge in [0.05, 0.1) is 8.81 Å².